The van der Waals surface area contributed by atoms with Crippen molar-refractivity contribution >= 4 is 21.8 Å². The summed E-state index contributed by atoms with van der Waals surface area (Å²) in [5.74, 6) is -0.543. The first kappa shape index (κ1) is 21.3. The predicted molar refractivity (Wildman–Crippen MR) is 102 cm³/mol. The first-order chi connectivity index (χ1) is 12.8. The standard InChI is InChI=1S/C18H27N3O5S/c1-27(25,26)21-12-10-20(11-13-21)18(24)16(9-5-6-14-22)19-17(23)15-7-3-2-4-8-15/h2-4,7-8,16,22H,5-6,9-14H2,1H3,(H,19,23)/t16-/m0/s1. The average Bonchev–Trinajstić information content (AvgIpc) is 2.67. The van der Waals surface area contributed by atoms with Crippen molar-refractivity contribution in [1.82, 2.24) is 14.5 Å². The number of hydrogen-bond acceptors (Lipinski definition) is 5. The van der Waals surface area contributed by atoms with Gasteiger partial charge >= 0.3 is 0 Å². The van der Waals surface area contributed by atoms with E-state index in [4.69, 9.17) is 5.11 Å². The Labute approximate surface area is 160 Å². The Morgan fingerprint density at radius 1 is 1.11 bits per heavy atom. The fourth-order valence-corrected chi connectivity index (χ4v) is 3.84. The fraction of sp³-hybridized carbons (Fsp3) is 0.556. The number of carbonyl (C=O) groups is 2. The van der Waals surface area contributed by atoms with Crippen molar-refractivity contribution in [3.05, 3.63) is 35.9 Å². The van der Waals surface area contributed by atoms with Gasteiger partial charge in [0.15, 0.2) is 0 Å². The minimum Gasteiger partial charge on any atom is -0.396 e. The smallest absolute Gasteiger partial charge is 0.251 e. The van der Waals surface area contributed by atoms with E-state index in [1.807, 2.05) is 6.07 Å². The van der Waals surface area contributed by atoms with Crippen molar-refractivity contribution in [3.8, 4) is 0 Å². The number of nitrogens with one attached hydrogen (secondary N) is 1. The van der Waals surface area contributed by atoms with Gasteiger partial charge in [-0.25, -0.2) is 8.42 Å². The Morgan fingerprint density at radius 3 is 2.30 bits per heavy atom. The SMILES string of the molecule is CS(=O)(=O)N1CCN(C(=O)[C@H](CCCCO)NC(=O)c2ccccc2)CC1. The maximum absolute atomic E-state index is 12.9. The summed E-state index contributed by atoms with van der Waals surface area (Å²) < 4.78 is 24.6. The molecule has 0 unspecified atom stereocenters. The van der Waals surface area contributed by atoms with Crippen LogP contribution < -0.4 is 5.32 Å². The van der Waals surface area contributed by atoms with E-state index in [-0.39, 0.29) is 31.5 Å². The molecular formula is C18H27N3O5S. The second kappa shape index (κ2) is 9.82. The predicted octanol–water partition coefficient (Wildman–Crippen LogP) is 0.0514. The van der Waals surface area contributed by atoms with E-state index in [0.717, 1.165) is 6.26 Å². The first-order valence-corrected chi connectivity index (χ1v) is 10.9. The normalized spacial score (nSPS) is 16.7. The molecule has 0 aromatic heterocycles. The van der Waals surface area contributed by atoms with Gasteiger partial charge in [-0.1, -0.05) is 18.2 Å². The Kier molecular flexibility index (Phi) is 7.76. The summed E-state index contributed by atoms with van der Waals surface area (Å²) in [4.78, 5) is 26.9. The number of unbranched alkanes of at least 4 members (excludes halogenated alkanes) is 1. The van der Waals surface area contributed by atoms with Crippen molar-refractivity contribution in [3.63, 3.8) is 0 Å². The van der Waals surface area contributed by atoms with Gasteiger partial charge in [0.2, 0.25) is 15.9 Å². The van der Waals surface area contributed by atoms with Crippen LogP contribution in [-0.2, 0) is 14.8 Å². The highest BCUT2D eigenvalue weighted by molar-refractivity contribution is 7.88. The minimum atomic E-state index is -3.27. The highest BCUT2D eigenvalue weighted by Crippen LogP contribution is 2.11. The second-order valence-electron chi connectivity index (χ2n) is 6.60. The molecule has 1 fully saturated rings. The molecule has 1 aromatic rings. The molecule has 2 rings (SSSR count). The van der Waals surface area contributed by atoms with Crippen LogP contribution in [0.3, 0.4) is 0 Å². The zero-order valence-corrected chi connectivity index (χ0v) is 16.3. The van der Waals surface area contributed by atoms with Crippen LogP contribution >= 0.6 is 0 Å². The van der Waals surface area contributed by atoms with Crippen molar-refractivity contribution < 1.29 is 23.1 Å². The molecule has 0 spiro atoms. The van der Waals surface area contributed by atoms with Gasteiger partial charge in [-0.15, -0.1) is 0 Å². The van der Waals surface area contributed by atoms with Crippen LogP contribution in [0.5, 0.6) is 0 Å². The number of amides is 2. The highest BCUT2D eigenvalue weighted by Gasteiger charge is 2.30. The summed E-state index contributed by atoms with van der Waals surface area (Å²) in [5, 5.41) is 11.8. The van der Waals surface area contributed by atoms with Crippen LogP contribution in [-0.4, -0.2) is 79.6 Å². The molecule has 1 heterocycles. The molecule has 0 bridgehead atoms. The molecule has 1 atom stereocenters. The zero-order valence-electron chi connectivity index (χ0n) is 15.5. The quantitative estimate of drug-likeness (QED) is 0.603. The summed E-state index contributed by atoms with van der Waals surface area (Å²) in [6.45, 7) is 1.12. The van der Waals surface area contributed by atoms with Gasteiger partial charge in [-0.2, -0.15) is 4.31 Å². The van der Waals surface area contributed by atoms with Gasteiger partial charge in [0.05, 0.1) is 6.26 Å². The molecule has 0 aliphatic carbocycles. The van der Waals surface area contributed by atoms with Crippen LogP contribution in [0, 0.1) is 0 Å². The summed E-state index contributed by atoms with van der Waals surface area (Å²) in [7, 11) is -3.27. The molecule has 8 nitrogen and oxygen atoms in total. The Hall–Kier alpha value is -1.97. The molecule has 1 aliphatic heterocycles. The third kappa shape index (κ3) is 6.30. The van der Waals surface area contributed by atoms with Crippen molar-refractivity contribution in [1.29, 1.82) is 0 Å². The Morgan fingerprint density at radius 2 is 1.74 bits per heavy atom. The van der Waals surface area contributed by atoms with E-state index in [0.29, 0.717) is 37.9 Å². The third-order valence-electron chi connectivity index (χ3n) is 4.56. The van der Waals surface area contributed by atoms with Crippen LogP contribution in [0.15, 0.2) is 30.3 Å². The minimum absolute atomic E-state index is 0.0283. The molecule has 150 valence electrons. The number of carbonyl (C=O) groups excluding carboxylic acids is 2. The number of nitrogens with zero attached hydrogens (tertiary/aromatic N) is 2. The molecule has 27 heavy (non-hydrogen) atoms. The Balaban J connectivity index is 2.02. The molecule has 0 saturated carbocycles. The number of sulfonamides is 1. The number of aliphatic hydroxyl groups is 1. The molecule has 2 amide bonds. The summed E-state index contributed by atoms with van der Waals surface area (Å²) in [6, 6.07) is 7.96. The van der Waals surface area contributed by atoms with E-state index >= 15 is 0 Å². The Bertz CT molecular complexity index is 731. The first-order valence-electron chi connectivity index (χ1n) is 9.03. The molecule has 1 aromatic carbocycles. The van der Waals surface area contributed by atoms with Crippen LogP contribution in [0.25, 0.3) is 0 Å². The van der Waals surface area contributed by atoms with E-state index in [1.165, 1.54) is 4.31 Å². The van der Waals surface area contributed by atoms with E-state index in [1.54, 1.807) is 29.2 Å². The molecule has 1 aliphatic rings. The van der Waals surface area contributed by atoms with Gasteiger partial charge in [-0.3, -0.25) is 9.59 Å². The topological polar surface area (TPSA) is 107 Å². The van der Waals surface area contributed by atoms with Gasteiger partial charge < -0.3 is 15.3 Å². The van der Waals surface area contributed by atoms with E-state index in [9.17, 15) is 18.0 Å². The average molecular weight is 397 g/mol. The van der Waals surface area contributed by atoms with Crippen molar-refractivity contribution in [2.24, 2.45) is 0 Å². The lowest BCUT2D eigenvalue weighted by Crippen LogP contribution is -2.55. The molecule has 9 heteroatoms. The second-order valence-corrected chi connectivity index (χ2v) is 8.58. The van der Waals surface area contributed by atoms with E-state index < -0.39 is 16.1 Å². The van der Waals surface area contributed by atoms with Gasteiger partial charge in [-0.05, 0) is 31.4 Å². The monoisotopic (exact) mass is 397 g/mol. The maximum Gasteiger partial charge on any atom is 0.251 e. The number of piperazine rings is 1. The van der Waals surface area contributed by atoms with Crippen LogP contribution in [0.4, 0.5) is 0 Å². The third-order valence-corrected chi connectivity index (χ3v) is 5.86. The van der Waals surface area contributed by atoms with E-state index in [2.05, 4.69) is 5.32 Å². The number of aliphatic hydroxyl groups excluding tert-OH is 1. The molecule has 1 saturated heterocycles. The van der Waals surface area contributed by atoms with Crippen LogP contribution in [0.1, 0.15) is 29.6 Å². The van der Waals surface area contributed by atoms with Gasteiger partial charge in [0.25, 0.3) is 5.91 Å². The lowest BCUT2D eigenvalue weighted by molar-refractivity contribution is -0.134. The summed E-state index contributed by atoms with van der Waals surface area (Å²) >= 11 is 0. The lowest BCUT2D eigenvalue weighted by Gasteiger charge is -2.35. The van der Waals surface area contributed by atoms with Gasteiger partial charge in [0.1, 0.15) is 6.04 Å². The zero-order chi connectivity index (χ0) is 19.9. The summed E-state index contributed by atoms with van der Waals surface area (Å²) in [6.07, 6.45) is 2.73. The van der Waals surface area contributed by atoms with Crippen molar-refractivity contribution in [2.45, 2.75) is 25.3 Å². The molecule has 2 N–H and O–H groups in total. The van der Waals surface area contributed by atoms with Crippen molar-refractivity contribution in [2.75, 3.05) is 39.0 Å². The highest BCUT2D eigenvalue weighted by atomic mass is 32.2. The van der Waals surface area contributed by atoms with Gasteiger partial charge in [0, 0.05) is 38.3 Å². The maximum atomic E-state index is 12.9. The number of benzene rings is 1. The van der Waals surface area contributed by atoms with Crippen LogP contribution in [0.2, 0.25) is 0 Å². The fourth-order valence-electron chi connectivity index (χ4n) is 3.01. The number of rotatable bonds is 8. The number of hydrogen-bond donors (Lipinski definition) is 2. The largest absolute Gasteiger partial charge is 0.396 e. The lowest BCUT2D eigenvalue weighted by atomic mass is 10.1. The molecule has 0 radical (unpaired) electrons. The molecular weight excluding hydrogens is 370 g/mol. The summed E-state index contributed by atoms with van der Waals surface area (Å²) in [5.41, 5.74) is 0.472.